The van der Waals surface area contributed by atoms with E-state index in [1.807, 2.05) is 0 Å². The van der Waals surface area contributed by atoms with Crippen LogP contribution in [0.25, 0.3) is 0 Å². The van der Waals surface area contributed by atoms with Crippen LogP contribution in [-0.4, -0.2) is 11.2 Å². The maximum Gasteiger partial charge on any atom is 0.390 e. The van der Waals surface area contributed by atoms with Gasteiger partial charge in [-0.2, -0.15) is 13.2 Å². The molecule has 1 aromatic heterocycles. The smallest absolute Gasteiger partial charge is 0.363 e. The minimum absolute atomic E-state index is 0.379. The molecule has 0 saturated heterocycles. The third kappa shape index (κ3) is 3.40. The summed E-state index contributed by atoms with van der Waals surface area (Å²) in [6.07, 6.45) is -3.69. The number of rotatable bonds is 2. The third-order valence-electron chi connectivity index (χ3n) is 1.52. The summed E-state index contributed by atoms with van der Waals surface area (Å²) >= 11 is 3.11. The summed E-state index contributed by atoms with van der Waals surface area (Å²) in [4.78, 5) is 2.66. The number of H-pyrrole nitrogens is 1. The van der Waals surface area contributed by atoms with Crippen molar-refractivity contribution in [2.75, 3.05) is 0 Å². The molecule has 13 heavy (non-hydrogen) atoms. The van der Waals surface area contributed by atoms with Gasteiger partial charge in [-0.25, -0.2) is 0 Å². The van der Waals surface area contributed by atoms with E-state index in [-0.39, 0.29) is 0 Å². The van der Waals surface area contributed by atoms with Gasteiger partial charge >= 0.3 is 6.18 Å². The highest BCUT2D eigenvalue weighted by Gasteiger charge is 2.31. The Morgan fingerprint density at radius 3 is 2.54 bits per heavy atom. The lowest BCUT2D eigenvalue weighted by atomic mass is 10.1. The third-order valence-corrected chi connectivity index (χ3v) is 1.98. The molecule has 0 fully saturated rings. The highest BCUT2D eigenvalue weighted by Crippen LogP contribution is 2.28. The largest absolute Gasteiger partial charge is 0.390 e. The summed E-state index contributed by atoms with van der Waals surface area (Å²) in [6, 6.07) is 0.516. The average molecular weight is 257 g/mol. The van der Waals surface area contributed by atoms with Crippen molar-refractivity contribution in [2.45, 2.75) is 18.6 Å². The number of alkyl halides is 3. The summed E-state index contributed by atoms with van der Waals surface area (Å²) < 4.78 is 36.4. The van der Waals surface area contributed by atoms with Crippen LogP contribution in [0.4, 0.5) is 13.2 Å². The van der Waals surface area contributed by atoms with E-state index in [2.05, 4.69) is 20.9 Å². The van der Waals surface area contributed by atoms with Crippen molar-refractivity contribution in [1.82, 2.24) is 4.98 Å². The van der Waals surface area contributed by atoms with Crippen LogP contribution >= 0.6 is 15.9 Å². The summed E-state index contributed by atoms with van der Waals surface area (Å²) in [7, 11) is 0. The quantitative estimate of drug-likeness (QED) is 0.840. The topological polar surface area (TPSA) is 41.8 Å². The van der Waals surface area contributed by atoms with Crippen molar-refractivity contribution >= 4 is 15.9 Å². The van der Waals surface area contributed by atoms with Crippen LogP contribution in [0.2, 0.25) is 0 Å². The predicted octanol–water partition coefficient (Wildman–Crippen LogP) is 2.73. The van der Waals surface area contributed by atoms with Gasteiger partial charge in [-0.05, 0) is 22.0 Å². The SMILES string of the molecule is N[C@H](CC(F)(F)F)c1cc(Br)c[nH]1. The Kier molecular flexibility index (Phi) is 3.02. The van der Waals surface area contributed by atoms with E-state index in [0.29, 0.717) is 10.2 Å². The minimum Gasteiger partial charge on any atom is -0.363 e. The van der Waals surface area contributed by atoms with E-state index in [1.54, 1.807) is 6.20 Å². The van der Waals surface area contributed by atoms with Crippen molar-refractivity contribution in [3.05, 3.63) is 22.4 Å². The monoisotopic (exact) mass is 256 g/mol. The van der Waals surface area contributed by atoms with Gasteiger partial charge in [0.25, 0.3) is 0 Å². The van der Waals surface area contributed by atoms with Crippen LogP contribution in [-0.2, 0) is 0 Å². The molecule has 74 valence electrons. The number of aromatic amines is 1. The van der Waals surface area contributed by atoms with E-state index >= 15 is 0 Å². The predicted molar refractivity (Wildman–Crippen MR) is 46.1 cm³/mol. The fraction of sp³-hybridized carbons (Fsp3) is 0.429. The molecule has 1 heterocycles. The molecule has 1 aromatic rings. The molecule has 0 aliphatic heterocycles. The number of hydrogen-bond donors (Lipinski definition) is 2. The van der Waals surface area contributed by atoms with Gasteiger partial charge in [0.1, 0.15) is 0 Å². The van der Waals surface area contributed by atoms with E-state index in [1.165, 1.54) is 6.07 Å². The van der Waals surface area contributed by atoms with Gasteiger partial charge < -0.3 is 10.7 Å². The van der Waals surface area contributed by atoms with Crippen LogP contribution in [0.1, 0.15) is 18.2 Å². The zero-order chi connectivity index (χ0) is 10.1. The maximum atomic E-state index is 11.9. The Bertz CT molecular complexity index is 282. The molecule has 6 heteroatoms. The second kappa shape index (κ2) is 3.71. The Morgan fingerprint density at radius 2 is 2.15 bits per heavy atom. The lowest BCUT2D eigenvalue weighted by Crippen LogP contribution is -2.20. The van der Waals surface area contributed by atoms with E-state index < -0.39 is 18.6 Å². The van der Waals surface area contributed by atoms with E-state index in [9.17, 15) is 13.2 Å². The molecule has 1 atom stereocenters. The standard InChI is InChI=1S/C7H8BrF3N2/c8-4-1-6(13-3-4)5(12)2-7(9,10)11/h1,3,5,13H,2,12H2/t5-/m1/s1. The van der Waals surface area contributed by atoms with Crippen LogP contribution in [0.5, 0.6) is 0 Å². The minimum atomic E-state index is -4.23. The highest BCUT2D eigenvalue weighted by atomic mass is 79.9. The fourth-order valence-electron chi connectivity index (χ4n) is 0.958. The molecule has 0 aliphatic carbocycles. The second-order valence-electron chi connectivity index (χ2n) is 2.70. The van der Waals surface area contributed by atoms with Crippen molar-refractivity contribution < 1.29 is 13.2 Å². The fourth-order valence-corrected chi connectivity index (χ4v) is 1.32. The second-order valence-corrected chi connectivity index (χ2v) is 3.61. The van der Waals surface area contributed by atoms with Crippen LogP contribution < -0.4 is 5.73 Å². The molecule has 3 N–H and O–H groups in total. The molecule has 0 radical (unpaired) electrons. The van der Waals surface area contributed by atoms with Crippen LogP contribution in [0.3, 0.4) is 0 Å². The molecule has 0 aromatic carbocycles. The number of nitrogens with two attached hydrogens (primary N) is 1. The number of halogens is 4. The summed E-state index contributed by atoms with van der Waals surface area (Å²) in [5.41, 5.74) is 5.70. The van der Waals surface area contributed by atoms with Gasteiger partial charge in [-0.1, -0.05) is 0 Å². The lowest BCUT2D eigenvalue weighted by Gasteiger charge is -2.12. The van der Waals surface area contributed by atoms with Gasteiger partial charge in [0.2, 0.25) is 0 Å². The summed E-state index contributed by atoms with van der Waals surface area (Å²) in [6.45, 7) is 0. The molecular formula is C7H8BrF3N2. The zero-order valence-electron chi connectivity index (χ0n) is 6.53. The van der Waals surface area contributed by atoms with Crippen LogP contribution in [0.15, 0.2) is 16.7 Å². The van der Waals surface area contributed by atoms with Crippen molar-refractivity contribution in [2.24, 2.45) is 5.73 Å². The van der Waals surface area contributed by atoms with Gasteiger partial charge in [-0.3, -0.25) is 0 Å². The number of aromatic nitrogens is 1. The molecule has 0 aliphatic rings. The molecule has 0 amide bonds. The Hall–Kier alpha value is -0.490. The molecule has 2 nitrogen and oxygen atoms in total. The van der Waals surface area contributed by atoms with Gasteiger partial charge in [0, 0.05) is 16.4 Å². The first-order valence-electron chi connectivity index (χ1n) is 3.54. The first-order chi connectivity index (χ1) is 5.88. The van der Waals surface area contributed by atoms with Gasteiger partial charge in [0.15, 0.2) is 0 Å². The Morgan fingerprint density at radius 1 is 1.54 bits per heavy atom. The van der Waals surface area contributed by atoms with Crippen molar-refractivity contribution in [1.29, 1.82) is 0 Å². The summed E-state index contributed by atoms with van der Waals surface area (Å²) in [5.74, 6) is 0. The average Bonchev–Trinajstić information content (AvgIpc) is 2.31. The lowest BCUT2D eigenvalue weighted by molar-refractivity contribution is -0.138. The maximum absolute atomic E-state index is 11.9. The van der Waals surface area contributed by atoms with Crippen molar-refractivity contribution in [3.63, 3.8) is 0 Å². The Labute approximate surface area is 81.4 Å². The molecule has 0 unspecified atom stereocenters. The van der Waals surface area contributed by atoms with Crippen LogP contribution in [0, 0.1) is 0 Å². The summed E-state index contributed by atoms with van der Waals surface area (Å²) in [5, 5.41) is 0. The molecular weight excluding hydrogens is 249 g/mol. The van der Waals surface area contributed by atoms with Crippen molar-refractivity contribution in [3.8, 4) is 0 Å². The van der Waals surface area contributed by atoms with Gasteiger partial charge in [0.05, 0.1) is 12.5 Å². The molecule has 0 spiro atoms. The first-order valence-corrected chi connectivity index (χ1v) is 4.34. The zero-order valence-corrected chi connectivity index (χ0v) is 8.11. The molecule has 0 bridgehead atoms. The molecule has 1 rings (SSSR count). The normalized spacial score (nSPS) is 14.5. The number of hydrogen-bond acceptors (Lipinski definition) is 1. The molecule has 0 saturated carbocycles. The Balaban J connectivity index is 2.64. The first kappa shape index (κ1) is 10.6. The van der Waals surface area contributed by atoms with E-state index in [4.69, 9.17) is 5.73 Å². The number of nitrogens with one attached hydrogen (secondary N) is 1. The van der Waals surface area contributed by atoms with Gasteiger partial charge in [-0.15, -0.1) is 0 Å². The highest BCUT2D eigenvalue weighted by molar-refractivity contribution is 9.10. The van der Waals surface area contributed by atoms with E-state index in [0.717, 1.165) is 0 Å².